The van der Waals surface area contributed by atoms with Gasteiger partial charge >= 0.3 is 0 Å². The molecular weight excluding hydrogens is 174 g/mol. The summed E-state index contributed by atoms with van der Waals surface area (Å²) in [6.45, 7) is 7.88. The van der Waals surface area contributed by atoms with Crippen LogP contribution in [0, 0.1) is 19.9 Å². The van der Waals surface area contributed by atoms with Crippen molar-refractivity contribution in [3.8, 4) is 0 Å². The Balaban J connectivity index is 2.21. The summed E-state index contributed by atoms with van der Waals surface area (Å²) in [4.78, 5) is 2.37. The van der Waals surface area contributed by atoms with Crippen LogP contribution in [0.1, 0.15) is 11.1 Å². The molecule has 14 heavy (non-hydrogen) atoms. The van der Waals surface area contributed by atoms with E-state index in [0.29, 0.717) is 0 Å². The fourth-order valence-electron chi connectivity index (χ4n) is 1.87. The monoisotopic (exact) mass is 190 g/mol. The highest BCUT2D eigenvalue weighted by Crippen LogP contribution is 2.19. The van der Waals surface area contributed by atoms with Gasteiger partial charge in [-0.1, -0.05) is 0 Å². The molecule has 2 rings (SSSR count). The van der Waals surface area contributed by atoms with Crippen LogP contribution in [0.4, 0.5) is 5.69 Å². The summed E-state index contributed by atoms with van der Waals surface area (Å²) in [7, 11) is 0. The van der Waals surface area contributed by atoms with Crippen molar-refractivity contribution >= 4 is 5.69 Å². The summed E-state index contributed by atoms with van der Waals surface area (Å²) in [6, 6.07) is 7.68. The van der Waals surface area contributed by atoms with Gasteiger partial charge in [-0.25, -0.2) is 0 Å². The molecule has 0 saturated carbocycles. The molecule has 0 unspecified atom stereocenters. The Morgan fingerprint density at radius 1 is 1.14 bits per heavy atom. The Hall–Kier alpha value is -1.02. The third-order valence-electron chi connectivity index (χ3n) is 2.50. The first-order valence-corrected chi connectivity index (χ1v) is 5.09. The minimum Gasteiger partial charge on any atom is -0.378 e. The second-order valence-electron chi connectivity index (χ2n) is 3.80. The molecule has 1 radical (unpaired) electrons. The molecule has 2 heteroatoms. The Morgan fingerprint density at radius 2 is 1.71 bits per heavy atom. The first kappa shape index (κ1) is 9.53. The quantitative estimate of drug-likeness (QED) is 0.671. The van der Waals surface area contributed by atoms with Crippen molar-refractivity contribution in [3.63, 3.8) is 0 Å². The van der Waals surface area contributed by atoms with Gasteiger partial charge in [0.15, 0.2) is 0 Å². The molecule has 0 spiro atoms. The summed E-state index contributed by atoms with van der Waals surface area (Å²) in [5.74, 6) is 0. The van der Waals surface area contributed by atoms with Crippen molar-refractivity contribution in [1.29, 1.82) is 0 Å². The predicted octanol–water partition coefficient (Wildman–Crippen LogP) is 1.94. The summed E-state index contributed by atoms with van der Waals surface area (Å²) in [6.07, 6.45) is 0. The molecule has 0 amide bonds. The van der Waals surface area contributed by atoms with Gasteiger partial charge in [-0.15, -0.1) is 0 Å². The zero-order chi connectivity index (χ0) is 9.97. The van der Waals surface area contributed by atoms with Crippen LogP contribution in [0.3, 0.4) is 0 Å². The van der Waals surface area contributed by atoms with Crippen LogP contribution < -0.4 is 4.90 Å². The van der Waals surface area contributed by atoms with Crippen molar-refractivity contribution in [1.82, 2.24) is 0 Å². The van der Waals surface area contributed by atoms with E-state index in [1.54, 1.807) is 0 Å². The van der Waals surface area contributed by atoms with Gasteiger partial charge in [0.1, 0.15) is 0 Å². The zero-order valence-electron chi connectivity index (χ0n) is 8.84. The van der Waals surface area contributed by atoms with Crippen LogP contribution in [0.2, 0.25) is 0 Å². The number of nitrogens with zero attached hydrogens (tertiary/aromatic N) is 1. The number of morpholine rings is 1. The lowest BCUT2D eigenvalue weighted by atomic mass is 10.1. The smallest absolute Gasteiger partial charge is 0.0642 e. The summed E-state index contributed by atoms with van der Waals surface area (Å²) >= 11 is 0. The van der Waals surface area contributed by atoms with Gasteiger partial charge in [0.05, 0.1) is 13.2 Å². The minimum absolute atomic E-state index is 0.844. The van der Waals surface area contributed by atoms with E-state index in [1.165, 1.54) is 16.8 Å². The number of hydrogen-bond donors (Lipinski definition) is 0. The van der Waals surface area contributed by atoms with Crippen LogP contribution in [0.15, 0.2) is 12.1 Å². The molecule has 75 valence electrons. The molecule has 1 heterocycles. The standard InChI is InChI=1S/C12H16NO/c1-10-7-11(2)9-12(8-10)13-3-5-14-6-4-13/h8-9H,3-6H2,1-2H3. The maximum absolute atomic E-state index is 5.33. The molecule has 1 saturated heterocycles. The van der Waals surface area contributed by atoms with Crippen LogP contribution in [0.5, 0.6) is 0 Å². The Kier molecular flexibility index (Phi) is 2.73. The maximum Gasteiger partial charge on any atom is 0.0642 e. The summed E-state index contributed by atoms with van der Waals surface area (Å²) in [5, 5.41) is 0. The first-order chi connectivity index (χ1) is 6.75. The van der Waals surface area contributed by atoms with E-state index in [9.17, 15) is 0 Å². The van der Waals surface area contributed by atoms with Gasteiger partial charge < -0.3 is 9.64 Å². The number of hydrogen-bond acceptors (Lipinski definition) is 2. The van der Waals surface area contributed by atoms with Crippen molar-refractivity contribution in [3.05, 3.63) is 29.3 Å². The molecule has 1 aliphatic rings. The Morgan fingerprint density at radius 3 is 2.29 bits per heavy atom. The van der Waals surface area contributed by atoms with E-state index in [-0.39, 0.29) is 0 Å². The third kappa shape index (κ3) is 2.07. The minimum atomic E-state index is 0.844. The number of ether oxygens (including phenoxy) is 1. The number of aryl methyl sites for hydroxylation is 2. The second-order valence-corrected chi connectivity index (χ2v) is 3.80. The van der Waals surface area contributed by atoms with E-state index in [0.717, 1.165) is 26.3 Å². The normalized spacial score (nSPS) is 17.1. The van der Waals surface area contributed by atoms with Gasteiger partial charge in [0.2, 0.25) is 0 Å². The molecule has 0 N–H and O–H groups in total. The van der Waals surface area contributed by atoms with Gasteiger partial charge in [0, 0.05) is 18.8 Å². The van der Waals surface area contributed by atoms with Crippen molar-refractivity contribution in [2.45, 2.75) is 13.8 Å². The third-order valence-corrected chi connectivity index (χ3v) is 2.50. The molecule has 1 aromatic carbocycles. The molecule has 0 aromatic heterocycles. The highest BCUT2D eigenvalue weighted by molar-refractivity contribution is 5.50. The number of rotatable bonds is 1. The van der Waals surface area contributed by atoms with Gasteiger partial charge in [-0.2, -0.15) is 0 Å². The Labute approximate surface area is 85.5 Å². The highest BCUT2D eigenvalue weighted by atomic mass is 16.5. The van der Waals surface area contributed by atoms with Gasteiger partial charge in [-0.05, 0) is 43.2 Å². The van der Waals surface area contributed by atoms with Crippen LogP contribution in [-0.2, 0) is 4.74 Å². The molecule has 0 bridgehead atoms. The van der Waals surface area contributed by atoms with Crippen molar-refractivity contribution in [2.75, 3.05) is 31.2 Å². The number of benzene rings is 1. The molecular formula is C12H16NO. The van der Waals surface area contributed by atoms with E-state index < -0.39 is 0 Å². The molecule has 1 aliphatic heterocycles. The van der Waals surface area contributed by atoms with Gasteiger partial charge in [0.25, 0.3) is 0 Å². The average molecular weight is 190 g/mol. The lowest BCUT2D eigenvalue weighted by Gasteiger charge is -2.29. The molecule has 0 aliphatic carbocycles. The first-order valence-electron chi connectivity index (χ1n) is 5.09. The van der Waals surface area contributed by atoms with E-state index in [4.69, 9.17) is 4.74 Å². The largest absolute Gasteiger partial charge is 0.378 e. The SMILES string of the molecule is Cc1[c]c(C)cc(N2CCOCC2)c1. The zero-order valence-corrected chi connectivity index (χ0v) is 8.84. The van der Waals surface area contributed by atoms with Crippen molar-refractivity contribution in [2.24, 2.45) is 0 Å². The lowest BCUT2D eigenvalue weighted by molar-refractivity contribution is 0.122. The molecule has 1 fully saturated rings. The van der Waals surface area contributed by atoms with Gasteiger partial charge in [-0.3, -0.25) is 0 Å². The second kappa shape index (κ2) is 4.01. The topological polar surface area (TPSA) is 12.5 Å². The van der Waals surface area contributed by atoms with Crippen LogP contribution in [-0.4, -0.2) is 26.3 Å². The van der Waals surface area contributed by atoms with E-state index in [1.807, 2.05) is 0 Å². The predicted molar refractivity (Wildman–Crippen MR) is 57.8 cm³/mol. The summed E-state index contributed by atoms with van der Waals surface area (Å²) in [5.41, 5.74) is 3.74. The van der Waals surface area contributed by atoms with Crippen LogP contribution in [0.25, 0.3) is 0 Å². The van der Waals surface area contributed by atoms with Crippen molar-refractivity contribution < 1.29 is 4.74 Å². The van der Waals surface area contributed by atoms with E-state index >= 15 is 0 Å². The fourth-order valence-corrected chi connectivity index (χ4v) is 1.87. The maximum atomic E-state index is 5.33. The molecule has 0 atom stereocenters. The molecule has 1 aromatic rings. The highest BCUT2D eigenvalue weighted by Gasteiger charge is 2.11. The molecule has 2 nitrogen and oxygen atoms in total. The lowest BCUT2D eigenvalue weighted by Crippen LogP contribution is -2.36. The summed E-state index contributed by atoms with van der Waals surface area (Å²) < 4.78 is 5.33. The van der Waals surface area contributed by atoms with Crippen LogP contribution >= 0.6 is 0 Å². The van der Waals surface area contributed by atoms with E-state index in [2.05, 4.69) is 36.9 Å². The average Bonchev–Trinajstić information content (AvgIpc) is 2.18. The fraction of sp³-hybridized carbons (Fsp3) is 0.500. The Bertz CT molecular complexity index is 296. The number of anilines is 1.